The lowest BCUT2D eigenvalue weighted by atomic mass is 9.85. The Kier molecular flexibility index (Phi) is 5.32. The number of nitrogens with zero attached hydrogens (tertiary/aromatic N) is 2. The number of rotatable bonds is 5. The summed E-state index contributed by atoms with van der Waals surface area (Å²) in [7, 11) is 1.78. The van der Waals surface area contributed by atoms with Crippen LogP contribution >= 0.6 is 0 Å². The zero-order chi connectivity index (χ0) is 16.2. The largest absolute Gasteiger partial charge is 0.480 e. The van der Waals surface area contributed by atoms with Crippen LogP contribution < -0.4 is 5.73 Å². The Morgan fingerprint density at radius 2 is 2.05 bits per heavy atom. The molecule has 0 fully saturated rings. The molecule has 0 aliphatic carbocycles. The molecule has 1 unspecified atom stereocenters. The van der Waals surface area contributed by atoms with Crippen molar-refractivity contribution in [3.05, 3.63) is 35.4 Å². The van der Waals surface area contributed by atoms with E-state index in [4.69, 9.17) is 10.9 Å². The van der Waals surface area contributed by atoms with E-state index >= 15 is 0 Å². The summed E-state index contributed by atoms with van der Waals surface area (Å²) in [4.78, 5) is 13.3. The summed E-state index contributed by atoms with van der Waals surface area (Å²) < 4.78 is 0. The number of nitrogens with two attached hydrogens (primary N) is 1. The zero-order valence-electron chi connectivity index (χ0n) is 12.9. The van der Waals surface area contributed by atoms with E-state index in [1.54, 1.807) is 30.1 Å². The van der Waals surface area contributed by atoms with Gasteiger partial charge in [-0.2, -0.15) is 0 Å². The molecule has 1 atom stereocenters. The maximum atomic E-state index is 11.5. The molecule has 1 rings (SSSR count). The van der Waals surface area contributed by atoms with Crippen molar-refractivity contribution < 1.29 is 15.1 Å². The third-order valence-electron chi connectivity index (χ3n) is 3.26. The van der Waals surface area contributed by atoms with Gasteiger partial charge in [-0.25, -0.2) is 0 Å². The van der Waals surface area contributed by atoms with Gasteiger partial charge in [0.25, 0.3) is 0 Å². The van der Waals surface area contributed by atoms with Gasteiger partial charge >= 0.3 is 5.97 Å². The fraction of sp³-hybridized carbons (Fsp3) is 0.467. The van der Waals surface area contributed by atoms with Crippen molar-refractivity contribution in [2.45, 2.75) is 33.4 Å². The van der Waals surface area contributed by atoms with Crippen molar-refractivity contribution in [2.24, 2.45) is 16.3 Å². The van der Waals surface area contributed by atoms with Crippen molar-refractivity contribution in [3.8, 4) is 0 Å². The number of likely N-dealkylation sites (N-methyl/N-ethyl adjacent to an activating group) is 1. The first-order valence-corrected chi connectivity index (χ1v) is 6.66. The Labute approximate surface area is 124 Å². The Balaban J connectivity index is 2.97. The van der Waals surface area contributed by atoms with Crippen LogP contribution in [0.3, 0.4) is 0 Å². The molecule has 1 aromatic rings. The van der Waals surface area contributed by atoms with Crippen LogP contribution in [0.25, 0.3) is 0 Å². The van der Waals surface area contributed by atoms with Crippen LogP contribution in [-0.4, -0.2) is 40.1 Å². The molecule has 116 valence electrons. The van der Waals surface area contributed by atoms with Gasteiger partial charge in [0.15, 0.2) is 5.84 Å². The van der Waals surface area contributed by atoms with Gasteiger partial charge in [-0.15, -0.1) is 0 Å². The number of benzene rings is 1. The second-order valence-electron chi connectivity index (χ2n) is 6.21. The van der Waals surface area contributed by atoms with E-state index < -0.39 is 12.0 Å². The summed E-state index contributed by atoms with van der Waals surface area (Å²) in [5.74, 6) is -0.817. The van der Waals surface area contributed by atoms with Crippen LogP contribution in [0.5, 0.6) is 0 Å². The monoisotopic (exact) mass is 293 g/mol. The molecule has 0 aliphatic rings. The molecule has 0 bridgehead atoms. The lowest BCUT2D eigenvalue weighted by Gasteiger charge is -2.34. The van der Waals surface area contributed by atoms with Crippen LogP contribution in [0, 0.1) is 5.41 Å². The quantitative estimate of drug-likeness (QED) is 0.332. The summed E-state index contributed by atoms with van der Waals surface area (Å²) in [6, 6.07) is 6.59. The lowest BCUT2D eigenvalue weighted by molar-refractivity contribution is -0.147. The Morgan fingerprint density at radius 1 is 1.43 bits per heavy atom. The van der Waals surface area contributed by atoms with Crippen molar-refractivity contribution in [1.82, 2.24) is 4.90 Å². The summed E-state index contributed by atoms with van der Waals surface area (Å²) in [6.07, 6.45) is 0. The summed E-state index contributed by atoms with van der Waals surface area (Å²) in [6.45, 7) is 6.15. The molecule has 0 saturated carbocycles. The van der Waals surface area contributed by atoms with Crippen molar-refractivity contribution in [2.75, 3.05) is 7.05 Å². The van der Waals surface area contributed by atoms with Crippen LogP contribution in [0.4, 0.5) is 0 Å². The van der Waals surface area contributed by atoms with Gasteiger partial charge in [-0.3, -0.25) is 9.69 Å². The predicted molar refractivity (Wildman–Crippen MR) is 81.3 cm³/mol. The normalized spacial score (nSPS) is 14.2. The van der Waals surface area contributed by atoms with Crippen LogP contribution in [0.1, 0.15) is 31.9 Å². The molecular formula is C15H23N3O3. The van der Waals surface area contributed by atoms with Crippen LogP contribution in [0.2, 0.25) is 0 Å². The molecule has 0 radical (unpaired) electrons. The SMILES string of the molecule is CN(Cc1cccc(/C(N)=N\O)c1)C(C(=O)O)C(C)(C)C. The minimum Gasteiger partial charge on any atom is -0.480 e. The topological polar surface area (TPSA) is 99.1 Å². The molecule has 0 heterocycles. The highest BCUT2D eigenvalue weighted by molar-refractivity contribution is 5.97. The fourth-order valence-corrected chi connectivity index (χ4v) is 2.49. The second kappa shape index (κ2) is 6.58. The smallest absolute Gasteiger partial charge is 0.321 e. The van der Waals surface area contributed by atoms with Crippen LogP contribution in [0.15, 0.2) is 29.4 Å². The molecule has 0 spiro atoms. The Hall–Kier alpha value is -2.08. The molecule has 0 aromatic heterocycles. The van der Waals surface area contributed by atoms with E-state index in [-0.39, 0.29) is 11.3 Å². The zero-order valence-corrected chi connectivity index (χ0v) is 12.9. The van der Waals surface area contributed by atoms with Crippen LogP contribution in [-0.2, 0) is 11.3 Å². The minimum atomic E-state index is -0.849. The highest BCUT2D eigenvalue weighted by Gasteiger charge is 2.34. The maximum Gasteiger partial charge on any atom is 0.321 e. The van der Waals surface area contributed by atoms with E-state index in [0.717, 1.165) is 5.56 Å². The van der Waals surface area contributed by atoms with E-state index in [1.165, 1.54) is 0 Å². The number of carboxylic acids is 1. The highest BCUT2D eigenvalue weighted by atomic mass is 16.4. The van der Waals surface area contributed by atoms with Gasteiger partial charge in [0.2, 0.25) is 0 Å². The Bertz CT molecular complexity index is 535. The van der Waals surface area contributed by atoms with E-state index in [9.17, 15) is 9.90 Å². The molecule has 0 amide bonds. The first-order chi connectivity index (χ1) is 9.66. The van der Waals surface area contributed by atoms with E-state index in [2.05, 4.69) is 5.16 Å². The number of amidine groups is 1. The number of carboxylic acid groups (broad SMARTS) is 1. The number of hydrogen-bond donors (Lipinski definition) is 3. The fourth-order valence-electron chi connectivity index (χ4n) is 2.49. The molecule has 21 heavy (non-hydrogen) atoms. The number of carbonyl (C=O) groups is 1. The van der Waals surface area contributed by atoms with E-state index in [0.29, 0.717) is 12.1 Å². The van der Waals surface area contributed by atoms with Gasteiger partial charge in [-0.1, -0.05) is 44.1 Å². The summed E-state index contributed by atoms with van der Waals surface area (Å²) >= 11 is 0. The number of aliphatic carboxylic acids is 1. The average Bonchev–Trinajstić information content (AvgIpc) is 2.35. The minimum absolute atomic E-state index is 0.0325. The van der Waals surface area contributed by atoms with Gasteiger partial charge in [0.05, 0.1) is 0 Å². The average molecular weight is 293 g/mol. The molecule has 0 saturated heterocycles. The van der Waals surface area contributed by atoms with Crippen molar-refractivity contribution in [3.63, 3.8) is 0 Å². The molecule has 6 heteroatoms. The molecule has 4 N–H and O–H groups in total. The molecular weight excluding hydrogens is 270 g/mol. The number of hydrogen-bond acceptors (Lipinski definition) is 4. The van der Waals surface area contributed by atoms with Gasteiger partial charge in [-0.05, 0) is 24.1 Å². The lowest BCUT2D eigenvalue weighted by Crippen LogP contribution is -2.47. The third kappa shape index (κ3) is 4.46. The summed E-state index contributed by atoms with van der Waals surface area (Å²) in [5.41, 5.74) is 6.68. The second-order valence-corrected chi connectivity index (χ2v) is 6.21. The first kappa shape index (κ1) is 17.0. The third-order valence-corrected chi connectivity index (χ3v) is 3.26. The Morgan fingerprint density at radius 3 is 2.52 bits per heavy atom. The first-order valence-electron chi connectivity index (χ1n) is 6.66. The maximum absolute atomic E-state index is 11.5. The molecule has 6 nitrogen and oxygen atoms in total. The molecule has 0 aliphatic heterocycles. The standard InChI is InChI=1S/C15H23N3O3/c1-15(2,3)12(14(19)20)18(4)9-10-6-5-7-11(8-10)13(16)17-21/h5-8,12,21H,9H2,1-4H3,(H2,16,17)(H,19,20). The van der Waals surface area contributed by atoms with Gasteiger partial charge < -0.3 is 16.0 Å². The van der Waals surface area contributed by atoms with Crippen molar-refractivity contribution in [1.29, 1.82) is 0 Å². The predicted octanol–water partition coefficient (Wildman–Crippen LogP) is 1.71. The van der Waals surface area contributed by atoms with Crippen molar-refractivity contribution >= 4 is 11.8 Å². The molecule has 1 aromatic carbocycles. The van der Waals surface area contributed by atoms with Gasteiger partial charge in [0.1, 0.15) is 6.04 Å². The highest BCUT2D eigenvalue weighted by Crippen LogP contribution is 2.25. The summed E-state index contributed by atoms with van der Waals surface area (Å²) in [5, 5.41) is 21.1. The van der Waals surface area contributed by atoms with E-state index in [1.807, 2.05) is 26.8 Å². The van der Waals surface area contributed by atoms with Gasteiger partial charge in [0, 0.05) is 12.1 Å². The number of oxime groups is 1.